The van der Waals surface area contributed by atoms with Crippen molar-refractivity contribution in [1.29, 1.82) is 0 Å². The summed E-state index contributed by atoms with van der Waals surface area (Å²) in [6.07, 6.45) is 0.496. The molecular formula is C29H24ClFN10O. The fourth-order valence-corrected chi connectivity index (χ4v) is 5.86. The first-order valence-electron chi connectivity index (χ1n) is 13.2. The van der Waals surface area contributed by atoms with Gasteiger partial charge in [0.15, 0.2) is 11.6 Å². The van der Waals surface area contributed by atoms with Crippen LogP contribution in [0, 0.1) is 5.82 Å². The molecule has 5 aromatic rings. The summed E-state index contributed by atoms with van der Waals surface area (Å²) in [4.78, 5) is 23.0. The molecule has 42 heavy (non-hydrogen) atoms. The molecule has 2 atom stereocenters. The summed E-state index contributed by atoms with van der Waals surface area (Å²) in [5.74, 6) is 0.858. The highest BCUT2D eigenvalue weighted by molar-refractivity contribution is 6.30. The van der Waals surface area contributed by atoms with E-state index in [1.54, 1.807) is 37.3 Å². The zero-order chi connectivity index (χ0) is 29.0. The summed E-state index contributed by atoms with van der Waals surface area (Å²) < 4.78 is 14.6. The number of fused-ring (bicyclic) bond motifs is 2. The summed E-state index contributed by atoms with van der Waals surface area (Å²) in [6, 6.07) is 19.1. The number of halogens is 2. The lowest BCUT2D eigenvalue weighted by Crippen LogP contribution is -2.33. The number of carbonyl (C=O) groups excluding carboxylic acids is 1. The normalized spacial score (nSPS) is 19.3. The van der Waals surface area contributed by atoms with Crippen LogP contribution in [-0.2, 0) is 23.2 Å². The van der Waals surface area contributed by atoms with Crippen molar-refractivity contribution in [1.82, 2.24) is 35.6 Å². The molecule has 0 bridgehead atoms. The molecule has 13 heteroatoms. The topological polar surface area (TPSA) is 151 Å². The smallest absolute Gasteiger partial charge is 0.240 e. The summed E-state index contributed by atoms with van der Waals surface area (Å²) in [5, 5.41) is 19.3. The van der Waals surface area contributed by atoms with Crippen molar-refractivity contribution in [2.45, 2.75) is 31.3 Å². The van der Waals surface area contributed by atoms with Gasteiger partial charge in [-0.05, 0) is 36.2 Å². The fourth-order valence-electron chi connectivity index (χ4n) is 5.69. The van der Waals surface area contributed by atoms with E-state index in [0.717, 1.165) is 22.4 Å². The van der Waals surface area contributed by atoms with Crippen molar-refractivity contribution < 1.29 is 9.18 Å². The molecule has 1 amide bonds. The molecule has 0 saturated carbocycles. The minimum absolute atomic E-state index is 0.181. The van der Waals surface area contributed by atoms with E-state index in [0.29, 0.717) is 40.0 Å². The summed E-state index contributed by atoms with van der Waals surface area (Å²) in [5.41, 5.74) is 13.1. The van der Waals surface area contributed by atoms with Crippen molar-refractivity contribution in [2.24, 2.45) is 0 Å². The average Bonchev–Trinajstić information content (AvgIpc) is 3.67. The van der Waals surface area contributed by atoms with E-state index in [1.165, 1.54) is 6.07 Å². The molecule has 0 radical (unpaired) electrons. The number of carbonyl (C=O) groups is 1. The van der Waals surface area contributed by atoms with Gasteiger partial charge in [-0.25, -0.2) is 19.4 Å². The number of nitrogens with one attached hydrogen (secondary N) is 3. The predicted octanol–water partition coefficient (Wildman–Crippen LogP) is 4.15. The van der Waals surface area contributed by atoms with Crippen LogP contribution >= 0.6 is 11.6 Å². The van der Waals surface area contributed by atoms with Gasteiger partial charge >= 0.3 is 0 Å². The average molecular weight is 583 g/mol. The Balaban J connectivity index is 1.26. The second-order valence-corrected chi connectivity index (χ2v) is 10.9. The number of H-pyrrole nitrogens is 1. The molecule has 11 nitrogen and oxygen atoms in total. The Labute approximate surface area is 244 Å². The summed E-state index contributed by atoms with van der Waals surface area (Å²) >= 11 is 6.28. The van der Waals surface area contributed by atoms with Gasteiger partial charge < -0.3 is 16.5 Å². The van der Waals surface area contributed by atoms with E-state index >= 15 is 0 Å². The van der Waals surface area contributed by atoms with Gasteiger partial charge in [-0.15, -0.1) is 10.2 Å². The van der Waals surface area contributed by atoms with Crippen molar-refractivity contribution in [3.8, 4) is 0 Å². The number of hydrogen-bond acceptors (Lipinski definition) is 9. The molecule has 2 unspecified atom stereocenters. The number of hydrogen-bond donors (Lipinski definition) is 4. The zero-order valence-electron chi connectivity index (χ0n) is 22.3. The van der Waals surface area contributed by atoms with Gasteiger partial charge in [0.1, 0.15) is 28.9 Å². The number of rotatable bonds is 6. The van der Waals surface area contributed by atoms with Crippen molar-refractivity contribution in [3.63, 3.8) is 0 Å². The lowest BCUT2D eigenvalue weighted by atomic mass is 9.77. The number of aromatic nitrogens is 6. The molecule has 0 saturated heterocycles. The largest absolute Gasteiger partial charge is 0.383 e. The number of nitrogen functional groups attached to an aromatic ring is 1. The summed E-state index contributed by atoms with van der Waals surface area (Å²) in [6.45, 7) is 2.02. The van der Waals surface area contributed by atoms with Crippen molar-refractivity contribution in [3.05, 3.63) is 117 Å². The van der Waals surface area contributed by atoms with Gasteiger partial charge in [0.2, 0.25) is 5.91 Å². The Kier molecular flexibility index (Phi) is 6.10. The van der Waals surface area contributed by atoms with Gasteiger partial charge in [-0.1, -0.05) is 65.3 Å². The van der Waals surface area contributed by atoms with Crippen LogP contribution in [0.4, 0.5) is 21.7 Å². The Morgan fingerprint density at radius 2 is 1.90 bits per heavy atom. The van der Waals surface area contributed by atoms with Crippen LogP contribution in [0.3, 0.4) is 0 Å². The number of nitrogens with two attached hydrogens (primary N) is 1. The monoisotopic (exact) mass is 582 g/mol. The van der Waals surface area contributed by atoms with Crippen molar-refractivity contribution >= 4 is 34.8 Å². The van der Waals surface area contributed by atoms with E-state index in [9.17, 15) is 9.18 Å². The molecule has 2 aromatic heterocycles. The maximum absolute atomic E-state index is 14.6. The first-order chi connectivity index (χ1) is 20.3. The van der Waals surface area contributed by atoms with Gasteiger partial charge in [-0.2, -0.15) is 5.21 Å². The Morgan fingerprint density at radius 3 is 2.67 bits per heavy atom. The minimum atomic E-state index is -1.12. The van der Waals surface area contributed by atoms with Crippen LogP contribution in [0.1, 0.15) is 52.4 Å². The molecule has 7 rings (SSSR count). The maximum Gasteiger partial charge on any atom is 0.240 e. The van der Waals surface area contributed by atoms with Crippen LogP contribution in [-0.4, -0.2) is 41.5 Å². The molecule has 3 aromatic carbocycles. The second-order valence-electron chi connectivity index (χ2n) is 10.4. The van der Waals surface area contributed by atoms with E-state index < -0.39 is 11.5 Å². The number of amides is 1. The lowest BCUT2D eigenvalue weighted by Gasteiger charge is -2.26. The number of nitrogens with zero attached hydrogens (tertiary/aromatic N) is 6. The van der Waals surface area contributed by atoms with Crippen LogP contribution in [0.5, 0.6) is 0 Å². The van der Waals surface area contributed by atoms with Crippen LogP contribution in [0.15, 0.2) is 66.7 Å². The van der Waals surface area contributed by atoms with E-state index in [-0.39, 0.29) is 24.1 Å². The first kappa shape index (κ1) is 26.0. The van der Waals surface area contributed by atoms with Crippen LogP contribution < -0.4 is 16.5 Å². The molecule has 210 valence electrons. The molecule has 4 heterocycles. The van der Waals surface area contributed by atoms with E-state index in [2.05, 4.69) is 31.4 Å². The third-order valence-corrected chi connectivity index (χ3v) is 8.09. The highest BCUT2D eigenvalue weighted by Gasteiger charge is 2.48. The number of anilines is 3. The lowest BCUT2D eigenvalue weighted by molar-refractivity contribution is -0.119. The summed E-state index contributed by atoms with van der Waals surface area (Å²) in [7, 11) is 0. The number of aromatic amines is 1. The fraction of sp³-hybridized carbons (Fsp3) is 0.172. The third-order valence-electron chi connectivity index (χ3n) is 7.85. The second kappa shape index (κ2) is 9.86. The van der Waals surface area contributed by atoms with Gasteiger partial charge in [-0.3, -0.25) is 4.79 Å². The van der Waals surface area contributed by atoms with Crippen LogP contribution in [0.25, 0.3) is 0 Å². The standard InChI is InChI=1S/C29H24ClFN10O/c1-29(17-8-6-15(7-9-17)12-22-36-39-40-37-22)23-25(32)33-27(34-26(23)35-28(29)42)24-19-11-10-18(30)13-21(19)38-41(24)14-16-4-2-3-5-20(16)31/h2-11,13,24,38H,12,14H2,1H3,(H,36,37,39,40)(H3,32,33,34,35,42). The third kappa shape index (κ3) is 4.23. The minimum Gasteiger partial charge on any atom is -0.383 e. The van der Waals surface area contributed by atoms with Crippen molar-refractivity contribution in [2.75, 3.05) is 16.5 Å². The molecular weight excluding hydrogens is 559 g/mol. The first-order valence-corrected chi connectivity index (χ1v) is 13.6. The highest BCUT2D eigenvalue weighted by atomic mass is 35.5. The Bertz CT molecular complexity index is 1830. The Morgan fingerprint density at radius 1 is 1.10 bits per heavy atom. The SMILES string of the molecule is CC1(c2ccc(Cc3nn[nH]n3)cc2)C(=O)Nc2nc(C3c4ccc(Cl)cc4NN3Cc3ccccc3F)nc(N)c21. The molecule has 2 aliphatic rings. The quantitative estimate of drug-likeness (QED) is 0.231. The van der Waals surface area contributed by atoms with Gasteiger partial charge in [0.25, 0.3) is 0 Å². The Hall–Kier alpha value is -4.94. The van der Waals surface area contributed by atoms with Gasteiger partial charge in [0.05, 0.1) is 11.3 Å². The number of hydrazine groups is 1. The molecule has 5 N–H and O–H groups in total. The van der Waals surface area contributed by atoms with Gasteiger partial charge in [0, 0.05) is 29.1 Å². The predicted molar refractivity (Wildman–Crippen MR) is 154 cm³/mol. The van der Waals surface area contributed by atoms with E-state index in [1.807, 2.05) is 35.3 Å². The molecule has 0 fully saturated rings. The van der Waals surface area contributed by atoms with E-state index in [4.69, 9.17) is 27.3 Å². The number of benzene rings is 3. The zero-order valence-corrected chi connectivity index (χ0v) is 23.0. The molecule has 0 aliphatic carbocycles. The maximum atomic E-state index is 14.6. The number of tetrazole rings is 1. The van der Waals surface area contributed by atoms with Crippen LogP contribution in [0.2, 0.25) is 5.02 Å². The molecule has 0 spiro atoms. The highest BCUT2D eigenvalue weighted by Crippen LogP contribution is 2.47. The molecule has 2 aliphatic heterocycles.